The fraction of sp³-hybridized carbons (Fsp3) is 0.125. The standard InChI is InChI=1S/C24H17FN2O3S/c25-17-7-8-19-18(13-17)24(27-23(26-19)15-4-2-1-3-5-15)31-14-20(28)16-6-9-21-22(12-16)30-11-10-29-21/h1-9,12-13H,10-11,14H2. The maximum Gasteiger partial charge on any atom is 0.173 e. The lowest BCUT2D eigenvalue weighted by molar-refractivity contribution is 0.102. The number of hydrogen-bond acceptors (Lipinski definition) is 6. The van der Waals surface area contributed by atoms with Crippen LogP contribution in [0.15, 0.2) is 71.8 Å². The highest BCUT2D eigenvalue weighted by molar-refractivity contribution is 8.00. The molecule has 3 aromatic carbocycles. The minimum Gasteiger partial charge on any atom is -0.486 e. The van der Waals surface area contributed by atoms with Crippen molar-refractivity contribution in [3.05, 3.63) is 78.1 Å². The summed E-state index contributed by atoms with van der Waals surface area (Å²) in [7, 11) is 0. The highest BCUT2D eigenvalue weighted by Gasteiger charge is 2.17. The van der Waals surface area contributed by atoms with Gasteiger partial charge >= 0.3 is 0 Å². The van der Waals surface area contributed by atoms with E-state index in [-0.39, 0.29) is 17.4 Å². The zero-order chi connectivity index (χ0) is 21.2. The minimum atomic E-state index is -0.372. The number of rotatable bonds is 5. The van der Waals surface area contributed by atoms with Crippen LogP contribution in [0.25, 0.3) is 22.3 Å². The van der Waals surface area contributed by atoms with Crippen molar-refractivity contribution in [2.45, 2.75) is 5.03 Å². The Morgan fingerprint density at radius 3 is 2.58 bits per heavy atom. The average Bonchev–Trinajstić information content (AvgIpc) is 2.82. The molecule has 0 bridgehead atoms. The number of thioether (sulfide) groups is 1. The number of nitrogens with zero attached hydrogens (tertiary/aromatic N) is 2. The predicted molar refractivity (Wildman–Crippen MR) is 117 cm³/mol. The summed E-state index contributed by atoms with van der Waals surface area (Å²) in [6.45, 7) is 0.956. The van der Waals surface area contributed by atoms with Crippen molar-refractivity contribution in [1.82, 2.24) is 9.97 Å². The summed E-state index contributed by atoms with van der Waals surface area (Å²) < 4.78 is 25.0. The number of aromatic nitrogens is 2. The largest absolute Gasteiger partial charge is 0.486 e. The third kappa shape index (κ3) is 4.09. The van der Waals surface area contributed by atoms with Gasteiger partial charge in [-0.2, -0.15) is 0 Å². The van der Waals surface area contributed by atoms with Gasteiger partial charge in [0, 0.05) is 16.5 Å². The van der Waals surface area contributed by atoms with Gasteiger partial charge in [-0.05, 0) is 36.4 Å². The molecule has 7 heteroatoms. The van der Waals surface area contributed by atoms with Crippen molar-refractivity contribution in [3.8, 4) is 22.9 Å². The smallest absolute Gasteiger partial charge is 0.173 e. The van der Waals surface area contributed by atoms with Crippen LogP contribution in [-0.2, 0) is 0 Å². The first-order chi connectivity index (χ1) is 15.2. The van der Waals surface area contributed by atoms with E-state index in [2.05, 4.69) is 9.97 Å². The van der Waals surface area contributed by atoms with Crippen LogP contribution in [0.3, 0.4) is 0 Å². The Morgan fingerprint density at radius 1 is 0.935 bits per heavy atom. The van der Waals surface area contributed by atoms with Gasteiger partial charge in [0.15, 0.2) is 23.1 Å². The Hall–Kier alpha value is -3.45. The van der Waals surface area contributed by atoms with E-state index in [1.807, 2.05) is 30.3 Å². The Bertz CT molecular complexity index is 1280. The van der Waals surface area contributed by atoms with Crippen LogP contribution in [0.5, 0.6) is 11.5 Å². The number of ketones is 1. The molecular formula is C24H17FN2O3S. The third-order valence-electron chi connectivity index (χ3n) is 4.86. The van der Waals surface area contributed by atoms with Crippen molar-refractivity contribution in [3.63, 3.8) is 0 Å². The Morgan fingerprint density at radius 2 is 1.74 bits per heavy atom. The number of Topliss-reactive ketones (excluding diaryl/α,β-unsaturated/α-hetero) is 1. The van der Waals surface area contributed by atoms with Crippen molar-refractivity contribution in [2.75, 3.05) is 19.0 Å². The van der Waals surface area contributed by atoms with E-state index in [1.54, 1.807) is 24.3 Å². The summed E-state index contributed by atoms with van der Waals surface area (Å²) in [6.07, 6.45) is 0. The fourth-order valence-electron chi connectivity index (χ4n) is 3.33. The molecule has 0 aliphatic carbocycles. The summed E-state index contributed by atoms with van der Waals surface area (Å²) >= 11 is 1.27. The first-order valence-corrected chi connectivity index (χ1v) is 10.7. The van der Waals surface area contributed by atoms with Crippen molar-refractivity contribution >= 4 is 28.4 Å². The van der Waals surface area contributed by atoms with Crippen LogP contribution < -0.4 is 9.47 Å². The second-order valence-electron chi connectivity index (χ2n) is 6.95. The summed E-state index contributed by atoms with van der Waals surface area (Å²) in [5.74, 6) is 1.45. The minimum absolute atomic E-state index is 0.0774. The topological polar surface area (TPSA) is 61.3 Å². The normalized spacial score (nSPS) is 12.7. The number of benzene rings is 3. The van der Waals surface area contributed by atoms with Gasteiger partial charge < -0.3 is 9.47 Å². The molecule has 31 heavy (non-hydrogen) atoms. The van der Waals surface area contributed by atoms with Crippen molar-refractivity contribution in [2.24, 2.45) is 0 Å². The summed E-state index contributed by atoms with van der Waals surface area (Å²) in [6, 6.07) is 19.1. The monoisotopic (exact) mass is 432 g/mol. The van der Waals surface area contributed by atoms with Gasteiger partial charge in [0.05, 0.1) is 11.3 Å². The van der Waals surface area contributed by atoms with Crippen molar-refractivity contribution in [1.29, 1.82) is 0 Å². The molecule has 1 aliphatic rings. The second-order valence-corrected chi connectivity index (χ2v) is 7.91. The summed E-state index contributed by atoms with van der Waals surface area (Å²) in [4.78, 5) is 22.0. The number of halogens is 1. The molecule has 0 amide bonds. The van der Waals surface area contributed by atoms with Crippen LogP contribution in [0, 0.1) is 5.82 Å². The molecule has 0 N–H and O–H groups in total. The quantitative estimate of drug-likeness (QED) is 0.246. The van der Waals surface area contributed by atoms with Gasteiger partial charge in [0.2, 0.25) is 0 Å². The Kier molecular flexibility index (Phi) is 5.26. The molecule has 0 atom stereocenters. The van der Waals surface area contributed by atoms with E-state index >= 15 is 0 Å². The Labute approximate surface area is 182 Å². The highest BCUT2D eigenvalue weighted by Crippen LogP contribution is 2.33. The third-order valence-corrected chi connectivity index (χ3v) is 5.85. The summed E-state index contributed by atoms with van der Waals surface area (Å²) in [5, 5.41) is 1.15. The first kappa shape index (κ1) is 19.5. The van der Waals surface area contributed by atoms with E-state index < -0.39 is 0 Å². The van der Waals surface area contributed by atoms with E-state index in [0.29, 0.717) is 52.0 Å². The van der Waals surface area contributed by atoms with Crippen LogP contribution in [-0.4, -0.2) is 34.7 Å². The maximum atomic E-state index is 13.9. The Balaban J connectivity index is 1.45. The molecule has 5 nitrogen and oxygen atoms in total. The molecule has 0 saturated heterocycles. The number of ether oxygens (including phenoxy) is 2. The van der Waals surface area contributed by atoms with Crippen LogP contribution >= 0.6 is 11.8 Å². The number of carbonyl (C=O) groups excluding carboxylic acids is 1. The predicted octanol–water partition coefficient (Wildman–Crippen LogP) is 5.18. The van der Waals surface area contributed by atoms with Gasteiger partial charge in [-0.25, -0.2) is 14.4 Å². The number of fused-ring (bicyclic) bond motifs is 2. The molecule has 2 heterocycles. The lowest BCUT2D eigenvalue weighted by Crippen LogP contribution is -2.16. The first-order valence-electron chi connectivity index (χ1n) is 9.76. The maximum absolute atomic E-state index is 13.9. The molecule has 4 aromatic rings. The zero-order valence-corrected chi connectivity index (χ0v) is 17.2. The molecule has 0 spiro atoms. The highest BCUT2D eigenvalue weighted by atomic mass is 32.2. The van der Waals surface area contributed by atoms with E-state index in [4.69, 9.17) is 9.47 Å². The lowest BCUT2D eigenvalue weighted by Gasteiger charge is -2.18. The average molecular weight is 432 g/mol. The van der Waals surface area contributed by atoms with Crippen molar-refractivity contribution < 1.29 is 18.7 Å². The molecule has 1 aliphatic heterocycles. The molecule has 0 radical (unpaired) electrons. The molecule has 5 rings (SSSR count). The number of carbonyl (C=O) groups is 1. The fourth-order valence-corrected chi connectivity index (χ4v) is 4.24. The molecule has 154 valence electrons. The molecular weight excluding hydrogens is 415 g/mol. The van der Waals surface area contributed by atoms with Gasteiger partial charge in [-0.15, -0.1) is 0 Å². The van der Waals surface area contributed by atoms with Crippen LogP contribution in [0.4, 0.5) is 4.39 Å². The lowest BCUT2D eigenvalue weighted by atomic mass is 10.1. The zero-order valence-electron chi connectivity index (χ0n) is 16.4. The SMILES string of the molecule is O=C(CSc1nc(-c2ccccc2)nc2ccc(F)cc12)c1ccc2c(c1)OCCO2. The van der Waals surface area contributed by atoms with Gasteiger partial charge in [0.25, 0.3) is 0 Å². The van der Waals surface area contributed by atoms with Gasteiger partial charge in [-0.1, -0.05) is 42.1 Å². The number of hydrogen-bond donors (Lipinski definition) is 0. The van der Waals surface area contributed by atoms with E-state index in [1.165, 1.54) is 23.9 Å². The molecule has 0 fully saturated rings. The van der Waals surface area contributed by atoms with E-state index in [9.17, 15) is 9.18 Å². The van der Waals surface area contributed by atoms with Crippen LogP contribution in [0.2, 0.25) is 0 Å². The van der Waals surface area contributed by atoms with Crippen LogP contribution in [0.1, 0.15) is 10.4 Å². The molecule has 0 saturated carbocycles. The summed E-state index contributed by atoms with van der Waals surface area (Å²) in [5.41, 5.74) is 2.02. The second kappa shape index (κ2) is 8.35. The molecule has 1 aromatic heterocycles. The van der Waals surface area contributed by atoms with Gasteiger partial charge in [-0.3, -0.25) is 4.79 Å². The van der Waals surface area contributed by atoms with E-state index in [0.717, 1.165) is 5.56 Å². The molecule has 0 unspecified atom stereocenters. The van der Waals surface area contributed by atoms with Gasteiger partial charge in [0.1, 0.15) is 24.1 Å².